The van der Waals surface area contributed by atoms with Crippen LogP contribution in [0.1, 0.15) is 17.3 Å². The third kappa shape index (κ3) is 5.59. The van der Waals surface area contributed by atoms with Crippen LogP contribution in [-0.2, 0) is 4.79 Å². The SMILES string of the molecule is CC(=O)Nc1[nH]cc(-c2ccc(NC(=O)Nc3ccc(OC(F)F)cc3)cc2)c1C(N)=O. The molecule has 11 heteroatoms. The average molecular weight is 443 g/mol. The van der Waals surface area contributed by atoms with Crippen molar-refractivity contribution in [1.29, 1.82) is 0 Å². The fourth-order valence-corrected chi connectivity index (χ4v) is 2.93. The molecule has 6 N–H and O–H groups in total. The van der Waals surface area contributed by atoms with E-state index in [0.717, 1.165) is 0 Å². The van der Waals surface area contributed by atoms with E-state index in [1.165, 1.54) is 31.2 Å². The Labute approximate surface area is 180 Å². The number of benzene rings is 2. The van der Waals surface area contributed by atoms with Crippen LogP contribution in [0.25, 0.3) is 11.1 Å². The van der Waals surface area contributed by atoms with Gasteiger partial charge in [0.15, 0.2) is 0 Å². The van der Waals surface area contributed by atoms with E-state index in [9.17, 15) is 23.2 Å². The van der Waals surface area contributed by atoms with Gasteiger partial charge >= 0.3 is 12.6 Å². The molecule has 9 nitrogen and oxygen atoms in total. The summed E-state index contributed by atoms with van der Waals surface area (Å²) in [6, 6.07) is 11.5. The number of H-pyrrole nitrogens is 1. The minimum atomic E-state index is -2.93. The van der Waals surface area contributed by atoms with Gasteiger partial charge in [-0.3, -0.25) is 9.59 Å². The lowest BCUT2D eigenvalue weighted by molar-refractivity contribution is -0.114. The second-order valence-corrected chi connectivity index (χ2v) is 6.56. The highest BCUT2D eigenvalue weighted by molar-refractivity contribution is 6.07. The molecule has 0 saturated carbocycles. The fraction of sp³-hybridized carbons (Fsp3) is 0.0952. The Morgan fingerprint density at radius 1 is 0.938 bits per heavy atom. The van der Waals surface area contributed by atoms with Crippen LogP contribution >= 0.6 is 0 Å². The predicted octanol–water partition coefficient (Wildman–Crippen LogP) is 3.98. The Morgan fingerprint density at radius 3 is 2.00 bits per heavy atom. The number of halogens is 2. The van der Waals surface area contributed by atoms with Gasteiger partial charge in [0.25, 0.3) is 5.91 Å². The highest BCUT2D eigenvalue weighted by atomic mass is 19.3. The van der Waals surface area contributed by atoms with Crippen molar-refractivity contribution in [3.8, 4) is 16.9 Å². The van der Waals surface area contributed by atoms with Crippen LogP contribution in [0.2, 0.25) is 0 Å². The van der Waals surface area contributed by atoms with Crippen molar-refractivity contribution in [2.75, 3.05) is 16.0 Å². The molecule has 32 heavy (non-hydrogen) atoms. The third-order valence-electron chi connectivity index (χ3n) is 4.22. The van der Waals surface area contributed by atoms with Crippen molar-refractivity contribution < 1.29 is 27.9 Å². The van der Waals surface area contributed by atoms with Crippen molar-refractivity contribution in [2.45, 2.75) is 13.5 Å². The number of anilines is 3. The lowest BCUT2D eigenvalue weighted by Crippen LogP contribution is -2.19. The summed E-state index contributed by atoms with van der Waals surface area (Å²) in [5.74, 6) is -0.894. The zero-order valence-corrected chi connectivity index (χ0v) is 16.7. The first-order valence-electron chi connectivity index (χ1n) is 9.25. The molecule has 0 aliphatic rings. The Balaban J connectivity index is 1.67. The maximum Gasteiger partial charge on any atom is 0.387 e. The van der Waals surface area contributed by atoms with Gasteiger partial charge in [0.05, 0.1) is 5.56 Å². The van der Waals surface area contributed by atoms with Crippen molar-refractivity contribution in [1.82, 2.24) is 4.98 Å². The Morgan fingerprint density at radius 2 is 1.50 bits per heavy atom. The molecule has 0 aliphatic heterocycles. The van der Waals surface area contributed by atoms with E-state index in [0.29, 0.717) is 22.5 Å². The van der Waals surface area contributed by atoms with E-state index >= 15 is 0 Å². The van der Waals surface area contributed by atoms with Gasteiger partial charge in [-0.2, -0.15) is 8.78 Å². The summed E-state index contributed by atoms with van der Waals surface area (Å²) >= 11 is 0. The number of hydrogen-bond donors (Lipinski definition) is 5. The molecule has 0 saturated heterocycles. The fourth-order valence-electron chi connectivity index (χ4n) is 2.93. The number of hydrogen-bond acceptors (Lipinski definition) is 4. The topological polar surface area (TPSA) is 138 Å². The average Bonchev–Trinajstić information content (AvgIpc) is 3.12. The van der Waals surface area contributed by atoms with Gasteiger partial charge in [-0.25, -0.2) is 4.79 Å². The second kappa shape index (κ2) is 9.60. The summed E-state index contributed by atoms with van der Waals surface area (Å²) in [4.78, 5) is 38.1. The number of aromatic nitrogens is 1. The second-order valence-electron chi connectivity index (χ2n) is 6.56. The van der Waals surface area contributed by atoms with E-state index in [1.807, 2.05) is 0 Å². The maximum atomic E-state index is 12.2. The smallest absolute Gasteiger partial charge is 0.387 e. The number of carbonyl (C=O) groups excluding carboxylic acids is 3. The lowest BCUT2D eigenvalue weighted by Gasteiger charge is -2.10. The molecule has 1 aromatic heterocycles. The Bertz CT molecular complexity index is 1130. The highest BCUT2D eigenvalue weighted by Gasteiger charge is 2.18. The van der Waals surface area contributed by atoms with Crippen molar-refractivity contribution >= 4 is 35.0 Å². The molecule has 4 amide bonds. The summed E-state index contributed by atoms with van der Waals surface area (Å²) in [7, 11) is 0. The largest absolute Gasteiger partial charge is 0.435 e. The summed E-state index contributed by atoms with van der Waals surface area (Å²) in [6.07, 6.45) is 1.54. The molecule has 0 unspecified atom stereocenters. The van der Waals surface area contributed by atoms with Gasteiger partial charge in [-0.1, -0.05) is 12.1 Å². The monoisotopic (exact) mass is 443 g/mol. The van der Waals surface area contributed by atoms with Crippen LogP contribution in [-0.4, -0.2) is 29.4 Å². The molecule has 3 rings (SSSR count). The van der Waals surface area contributed by atoms with E-state index < -0.39 is 18.5 Å². The standard InChI is InChI=1S/C21H19F2N5O4/c1-11(29)26-19-17(18(24)30)16(10-25-19)12-2-4-13(5-3-12)27-21(31)28-14-6-8-15(9-7-14)32-20(22)23/h2-10,20,25H,1H3,(H2,24,30)(H,26,29)(H2,27,28,31). The minimum absolute atomic E-state index is 0.0247. The van der Waals surface area contributed by atoms with Crippen LogP contribution in [0.15, 0.2) is 54.7 Å². The molecule has 0 radical (unpaired) electrons. The zero-order valence-electron chi connectivity index (χ0n) is 16.7. The summed E-state index contributed by atoms with van der Waals surface area (Å²) in [5, 5.41) is 7.70. The molecular formula is C21H19F2N5O4. The van der Waals surface area contributed by atoms with Crippen LogP contribution in [0.4, 0.5) is 30.8 Å². The van der Waals surface area contributed by atoms with Gasteiger partial charge in [0, 0.05) is 30.1 Å². The number of alkyl halides is 2. The molecule has 0 atom stereocenters. The number of primary amides is 1. The Hall–Kier alpha value is -4.41. The summed E-state index contributed by atoms with van der Waals surface area (Å²) < 4.78 is 28.6. The number of ether oxygens (including phenoxy) is 1. The van der Waals surface area contributed by atoms with Crippen LogP contribution in [0.3, 0.4) is 0 Å². The van der Waals surface area contributed by atoms with Crippen molar-refractivity contribution in [2.24, 2.45) is 5.73 Å². The van der Waals surface area contributed by atoms with E-state index in [-0.39, 0.29) is 23.0 Å². The number of amides is 4. The zero-order chi connectivity index (χ0) is 23.3. The third-order valence-corrected chi connectivity index (χ3v) is 4.22. The normalized spacial score (nSPS) is 10.5. The van der Waals surface area contributed by atoms with E-state index in [2.05, 4.69) is 25.7 Å². The molecule has 1 heterocycles. The maximum absolute atomic E-state index is 12.2. The molecular weight excluding hydrogens is 424 g/mol. The van der Waals surface area contributed by atoms with Gasteiger partial charge in [0.1, 0.15) is 11.6 Å². The molecule has 0 bridgehead atoms. The lowest BCUT2D eigenvalue weighted by atomic mass is 10.0. The van der Waals surface area contributed by atoms with Gasteiger partial charge in [0.2, 0.25) is 5.91 Å². The van der Waals surface area contributed by atoms with Crippen LogP contribution in [0.5, 0.6) is 5.75 Å². The quantitative estimate of drug-likeness (QED) is 0.377. The molecule has 0 fully saturated rings. The molecule has 2 aromatic carbocycles. The van der Waals surface area contributed by atoms with Crippen LogP contribution < -0.4 is 26.4 Å². The number of nitrogens with two attached hydrogens (primary N) is 1. The van der Waals surface area contributed by atoms with E-state index in [4.69, 9.17) is 5.73 Å². The van der Waals surface area contributed by atoms with Gasteiger partial charge in [-0.15, -0.1) is 0 Å². The first-order chi connectivity index (χ1) is 15.2. The summed E-state index contributed by atoms with van der Waals surface area (Å²) in [6.45, 7) is -1.62. The number of aromatic amines is 1. The van der Waals surface area contributed by atoms with Crippen LogP contribution in [0, 0.1) is 0 Å². The van der Waals surface area contributed by atoms with Gasteiger partial charge < -0.3 is 31.4 Å². The highest BCUT2D eigenvalue weighted by Crippen LogP contribution is 2.30. The predicted molar refractivity (Wildman–Crippen MR) is 115 cm³/mol. The van der Waals surface area contributed by atoms with Crippen molar-refractivity contribution in [3.05, 3.63) is 60.3 Å². The summed E-state index contributed by atoms with van der Waals surface area (Å²) in [5.41, 5.74) is 7.55. The number of nitrogens with one attached hydrogen (secondary N) is 4. The van der Waals surface area contributed by atoms with Crippen molar-refractivity contribution in [3.63, 3.8) is 0 Å². The number of carbonyl (C=O) groups is 3. The molecule has 166 valence electrons. The van der Waals surface area contributed by atoms with Gasteiger partial charge in [-0.05, 0) is 42.0 Å². The number of rotatable bonds is 7. The van der Waals surface area contributed by atoms with E-state index in [1.54, 1.807) is 30.5 Å². The molecule has 0 spiro atoms. The number of urea groups is 1. The molecule has 0 aliphatic carbocycles. The first kappa shape index (κ1) is 22.3. The minimum Gasteiger partial charge on any atom is -0.435 e. The first-order valence-corrected chi connectivity index (χ1v) is 9.25. The Kier molecular flexibility index (Phi) is 6.68. The molecule has 3 aromatic rings.